The van der Waals surface area contributed by atoms with Crippen molar-refractivity contribution < 1.29 is 0 Å². The minimum atomic E-state index is 0.885. The first-order valence-electron chi connectivity index (χ1n) is 3.47. The fraction of sp³-hybridized carbons (Fsp3) is 0.500. The van der Waals surface area contributed by atoms with Crippen LogP contribution in [0, 0.1) is 0 Å². The van der Waals surface area contributed by atoms with Gasteiger partial charge in [0.25, 0.3) is 0 Å². The summed E-state index contributed by atoms with van der Waals surface area (Å²) in [5.41, 5.74) is 4.46. The van der Waals surface area contributed by atoms with E-state index in [1.54, 1.807) is 0 Å². The van der Waals surface area contributed by atoms with Crippen LogP contribution in [0.5, 0.6) is 0 Å². The molecular formula is C8H14Si. The van der Waals surface area contributed by atoms with Crippen LogP contribution in [0.2, 0.25) is 0 Å². The molecule has 0 fully saturated rings. The zero-order valence-corrected chi connectivity index (χ0v) is 7.22. The van der Waals surface area contributed by atoms with Crippen molar-refractivity contribution in [3.8, 4) is 0 Å². The molecule has 0 atom stereocenters. The average Bonchev–Trinajstić information content (AvgIpc) is 1.89. The predicted octanol–water partition coefficient (Wildman–Crippen LogP) is 2.54. The lowest BCUT2D eigenvalue weighted by Gasteiger charge is -1.78. The molecule has 1 heteroatoms. The second-order valence-corrected chi connectivity index (χ2v) is 2.79. The van der Waals surface area contributed by atoms with Crippen molar-refractivity contribution in [2.45, 2.75) is 26.7 Å². The third-order valence-electron chi connectivity index (χ3n) is 0.900. The Bertz CT molecular complexity index is 80.7. The van der Waals surface area contributed by atoms with Gasteiger partial charge in [0.15, 0.2) is 0 Å². The molecule has 0 unspecified atom stereocenters. The van der Waals surface area contributed by atoms with Gasteiger partial charge in [-0.3, -0.25) is 0 Å². The Morgan fingerprint density at radius 1 is 1.00 bits per heavy atom. The summed E-state index contributed by atoms with van der Waals surface area (Å²) in [6.07, 6.45) is 6.73. The minimum absolute atomic E-state index is 0.885. The van der Waals surface area contributed by atoms with Gasteiger partial charge in [0.2, 0.25) is 0 Å². The summed E-state index contributed by atoms with van der Waals surface area (Å²) in [6, 6.07) is 0. The van der Waals surface area contributed by atoms with Crippen LogP contribution in [-0.4, -0.2) is 9.52 Å². The maximum atomic E-state index is 2.23. The van der Waals surface area contributed by atoms with E-state index in [2.05, 4.69) is 37.4 Å². The molecule has 2 radical (unpaired) electrons. The second kappa shape index (κ2) is 7.70. The molecule has 0 aliphatic heterocycles. The molecule has 0 spiro atoms. The highest BCUT2D eigenvalue weighted by atomic mass is 28.2. The van der Waals surface area contributed by atoms with Gasteiger partial charge in [0.05, 0.1) is 0 Å². The molecule has 50 valence electrons. The fourth-order valence-electron chi connectivity index (χ4n) is 0.427. The van der Waals surface area contributed by atoms with E-state index in [0.29, 0.717) is 0 Å². The first kappa shape index (κ1) is 8.70. The van der Waals surface area contributed by atoms with Gasteiger partial charge in [-0.2, -0.15) is 0 Å². The van der Waals surface area contributed by atoms with Crippen LogP contribution in [0.15, 0.2) is 23.6 Å². The van der Waals surface area contributed by atoms with Crippen molar-refractivity contribution in [2.75, 3.05) is 0 Å². The molecule has 0 bridgehead atoms. The highest BCUT2D eigenvalue weighted by molar-refractivity contribution is 6.48. The molecule has 0 aromatic heterocycles. The van der Waals surface area contributed by atoms with Crippen LogP contribution in [-0.2, 0) is 0 Å². The summed E-state index contributed by atoms with van der Waals surface area (Å²) >= 11 is 0. The lowest BCUT2D eigenvalue weighted by atomic mass is 10.5. The monoisotopic (exact) mass is 138 g/mol. The van der Waals surface area contributed by atoms with Crippen molar-refractivity contribution in [3.63, 3.8) is 0 Å². The van der Waals surface area contributed by atoms with Crippen molar-refractivity contribution in [2.24, 2.45) is 0 Å². The maximum Gasteiger partial charge on any atom is 0.100 e. The molecule has 9 heavy (non-hydrogen) atoms. The lowest BCUT2D eigenvalue weighted by Crippen LogP contribution is -1.74. The molecule has 0 aromatic rings. The van der Waals surface area contributed by atoms with Gasteiger partial charge in [-0.15, -0.1) is 0 Å². The second-order valence-electron chi connectivity index (χ2n) is 1.79. The van der Waals surface area contributed by atoms with Gasteiger partial charge in [-0.25, -0.2) is 0 Å². The Morgan fingerprint density at radius 2 is 1.44 bits per heavy atom. The van der Waals surface area contributed by atoms with E-state index in [1.807, 2.05) is 0 Å². The van der Waals surface area contributed by atoms with Crippen LogP contribution in [0.4, 0.5) is 0 Å². The SMILES string of the molecule is CCC=C[Si]C=CCC. The molecule has 0 saturated carbocycles. The van der Waals surface area contributed by atoms with Gasteiger partial charge in [0.1, 0.15) is 9.52 Å². The molecule has 0 saturated heterocycles. The number of rotatable bonds is 4. The van der Waals surface area contributed by atoms with Crippen molar-refractivity contribution >= 4 is 9.52 Å². The summed E-state index contributed by atoms with van der Waals surface area (Å²) in [5, 5.41) is 0. The summed E-state index contributed by atoms with van der Waals surface area (Å²) in [6.45, 7) is 4.31. The lowest BCUT2D eigenvalue weighted by molar-refractivity contribution is 1.23. The van der Waals surface area contributed by atoms with E-state index >= 15 is 0 Å². The van der Waals surface area contributed by atoms with Gasteiger partial charge >= 0.3 is 0 Å². The molecule has 0 nitrogen and oxygen atoms in total. The van der Waals surface area contributed by atoms with E-state index in [4.69, 9.17) is 0 Å². The molecule has 0 amide bonds. The maximum absolute atomic E-state index is 2.23. The molecule has 0 rings (SSSR count). The quantitative estimate of drug-likeness (QED) is 0.524. The number of hydrogen-bond donors (Lipinski definition) is 0. The minimum Gasteiger partial charge on any atom is -0.0979 e. The van der Waals surface area contributed by atoms with Crippen molar-refractivity contribution in [3.05, 3.63) is 23.6 Å². The summed E-state index contributed by atoms with van der Waals surface area (Å²) in [5.74, 6) is 0. The smallest absolute Gasteiger partial charge is 0.0979 e. The first-order chi connectivity index (χ1) is 4.41. The van der Waals surface area contributed by atoms with Crippen LogP contribution in [0.25, 0.3) is 0 Å². The third kappa shape index (κ3) is 7.70. The summed E-state index contributed by atoms with van der Waals surface area (Å²) in [7, 11) is 0.885. The Hall–Kier alpha value is -0.303. The molecule has 0 N–H and O–H groups in total. The number of hydrogen-bond acceptors (Lipinski definition) is 0. The Labute approximate surface area is 60.5 Å². The van der Waals surface area contributed by atoms with Crippen molar-refractivity contribution in [1.29, 1.82) is 0 Å². The van der Waals surface area contributed by atoms with Crippen LogP contribution >= 0.6 is 0 Å². The topological polar surface area (TPSA) is 0 Å². The third-order valence-corrected chi connectivity index (χ3v) is 1.76. The van der Waals surface area contributed by atoms with Crippen LogP contribution in [0.3, 0.4) is 0 Å². The molecule has 0 aliphatic carbocycles. The van der Waals surface area contributed by atoms with E-state index in [1.165, 1.54) is 0 Å². The van der Waals surface area contributed by atoms with Gasteiger partial charge in [-0.1, -0.05) is 37.4 Å². The van der Waals surface area contributed by atoms with E-state index in [0.717, 1.165) is 22.4 Å². The van der Waals surface area contributed by atoms with Crippen LogP contribution in [0.1, 0.15) is 26.7 Å². The summed E-state index contributed by atoms with van der Waals surface area (Å²) < 4.78 is 0. The zero-order valence-electron chi connectivity index (χ0n) is 6.22. The molecule has 0 heterocycles. The van der Waals surface area contributed by atoms with Gasteiger partial charge < -0.3 is 0 Å². The largest absolute Gasteiger partial charge is 0.100 e. The zero-order chi connectivity index (χ0) is 6.95. The van der Waals surface area contributed by atoms with Gasteiger partial charge in [0, 0.05) is 0 Å². The van der Waals surface area contributed by atoms with Crippen LogP contribution < -0.4 is 0 Å². The average molecular weight is 138 g/mol. The highest BCUT2D eigenvalue weighted by Crippen LogP contribution is 1.80. The fourth-order valence-corrected chi connectivity index (χ4v) is 1.28. The van der Waals surface area contributed by atoms with Gasteiger partial charge in [-0.05, 0) is 12.8 Å². The number of allylic oxidation sites excluding steroid dienone is 2. The molecular weight excluding hydrogens is 124 g/mol. The van der Waals surface area contributed by atoms with Crippen molar-refractivity contribution in [1.82, 2.24) is 0 Å². The summed E-state index contributed by atoms with van der Waals surface area (Å²) in [4.78, 5) is 0. The standard InChI is InChI=1S/C8H14Si/c1-3-5-7-9-8-6-4-2/h5-8H,3-4H2,1-2H3. The van der Waals surface area contributed by atoms with E-state index in [-0.39, 0.29) is 0 Å². The Kier molecular flexibility index (Phi) is 7.44. The normalized spacial score (nSPS) is 11.8. The van der Waals surface area contributed by atoms with E-state index in [9.17, 15) is 0 Å². The molecule has 0 aromatic carbocycles. The van der Waals surface area contributed by atoms with E-state index < -0.39 is 0 Å². The highest BCUT2D eigenvalue weighted by Gasteiger charge is 1.70. The first-order valence-corrected chi connectivity index (χ1v) is 4.63. The Morgan fingerprint density at radius 3 is 1.78 bits per heavy atom. The predicted molar refractivity (Wildman–Crippen MR) is 44.6 cm³/mol. The molecule has 0 aliphatic rings. The Balaban J connectivity index is 3.08.